The van der Waals surface area contributed by atoms with Crippen molar-refractivity contribution in [1.82, 2.24) is 0 Å². The van der Waals surface area contributed by atoms with Gasteiger partial charge in [-0.05, 0) is 55.0 Å². The highest BCUT2D eigenvalue weighted by Crippen LogP contribution is 2.54. The van der Waals surface area contributed by atoms with Crippen molar-refractivity contribution in [2.24, 2.45) is 5.92 Å². The van der Waals surface area contributed by atoms with E-state index in [0.717, 1.165) is 10.5 Å². The summed E-state index contributed by atoms with van der Waals surface area (Å²) >= 11 is 0. The van der Waals surface area contributed by atoms with E-state index >= 15 is 0 Å². The first-order valence-corrected chi connectivity index (χ1v) is 13.5. The molecule has 2 aliphatic rings. The van der Waals surface area contributed by atoms with Gasteiger partial charge in [0, 0.05) is 6.42 Å². The van der Waals surface area contributed by atoms with Gasteiger partial charge >= 0.3 is 6.09 Å². The summed E-state index contributed by atoms with van der Waals surface area (Å²) in [4.78, 5) is 58.5. The van der Waals surface area contributed by atoms with E-state index in [2.05, 4.69) is 0 Å². The van der Waals surface area contributed by atoms with Crippen molar-refractivity contribution in [3.8, 4) is 0 Å². The average molecular weight is 539 g/mol. The number of benzene rings is 3. The van der Waals surface area contributed by atoms with Gasteiger partial charge in [0.25, 0.3) is 5.91 Å². The fraction of sp³-hybridized carbons (Fsp3) is 0.333. The molecule has 0 bridgehead atoms. The Bertz CT molecular complexity index is 1520. The molecule has 7 heteroatoms. The molecule has 2 atom stereocenters. The first kappa shape index (κ1) is 27.3. The molecule has 0 spiro atoms. The van der Waals surface area contributed by atoms with Gasteiger partial charge in [0.05, 0.1) is 17.3 Å². The number of rotatable bonds is 3. The van der Waals surface area contributed by atoms with E-state index in [1.807, 2.05) is 39.0 Å². The number of carbonyl (C=O) groups excluding carboxylic acids is 4. The van der Waals surface area contributed by atoms with Crippen LogP contribution in [0.2, 0.25) is 0 Å². The second-order valence-electron chi connectivity index (χ2n) is 12.4. The molecule has 0 unspecified atom stereocenters. The third kappa shape index (κ3) is 4.21. The van der Waals surface area contributed by atoms with Gasteiger partial charge < -0.3 is 4.74 Å². The maximum absolute atomic E-state index is 14.7. The van der Waals surface area contributed by atoms with E-state index in [-0.39, 0.29) is 17.7 Å². The van der Waals surface area contributed by atoms with Crippen LogP contribution in [0.4, 0.5) is 16.2 Å². The van der Waals surface area contributed by atoms with Gasteiger partial charge in [0.1, 0.15) is 11.0 Å². The van der Waals surface area contributed by atoms with Gasteiger partial charge in [-0.25, -0.2) is 14.6 Å². The van der Waals surface area contributed by atoms with Gasteiger partial charge in [0.2, 0.25) is 11.8 Å². The summed E-state index contributed by atoms with van der Waals surface area (Å²) in [5.74, 6) is -2.54. The number of hydrogen-bond donors (Lipinski definition) is 0. The summed E-state index contributed by atoms with van der Waals surface area (Å²) in [5, 5.41) is 0. The highest BCUT2D eigenvalue weighted by molar-refractivity contribution is 6.28. The minimum Gasteiger partial charge on any atom is -0.443 e. The number of amides is 4. The first-order valence-electron chi connectivity index (χ1n) is 13.5. The number of hydrogen-bond acceptors (Lipinski definition) is 5. The van der Waals surface area contributed by atoms with Crippen LogP contribution in [0, 0.1) is 5.92 Å². The third-order valence-electron chi connectivity index (χ3n) is 7.54. The standard InChI is InChI=1S/C33H34N2O5/c1-31(2,3)22-16-10-12-18-25(22)34-27(36)20-24(28(34)37)33(21-14-8-7-9-15-21)23-17-11-13-19-26(23)35(29(33)38)30(39)40-32(4,5)6/h7-19,24H,20H2,1-6H3/t24-,33-/m1/s1. The highest BCUT2D eigenvalue weighted by Gasteiger charge is 2.64. The molecule has 0 saturated carbocycles. The average Bonchev–Trinajstić information content (AvgIpc) is 3.32. The lowest BCUT2D eigenvalue weighted by atomic mass is 9.65. The fourth-order valence-corrected chi connectivity index (χ4v) is 5.94. The molecular formula is C33H34N2O5. The van der Waals surface area contributed by atoms with Gasteiger partial charge in [-0.15, -0.1) is 0 Å². The van der Waals surface area contributed by atoms with Crippen molar-refractivity contribution in [1.29, 1.82) is 0 Å². The molecule has 1 saturated heterocycles. The largest absolute Gasteiger partial charge is 0.443 e. The van der Waals surface area contributed by atoms with Crippen LogP contribution in [0.1, 0.15) is 64.7 Å². The number of ether oxygens (including phenoxy) is 1. The Morgan fingerprint density at radius 3 is 2.00 bits per heavy atom. The minimum atomic E-state index is -1.60. The summed E-state index contributed by atoms with van der Waals surface area (Å²) in [6.07, 6.45) is -1.01. The molecule has 0 aromatic heterocycles. The van der Waals surface area contributed by atoms with Gasteiger partial charge in [-0.2, -0.15) is 0 Å². The molecule has 40 heavy (non-hydrogen) atoms. The first-order chi connectivity index (χ1) is 18.8. The Morgan fingerprint density at radius 1 is 0.800 bits per heavy atom. The second-order valence-corrected chi connectivity index (χ2v) is 12.4. The monoisotopic (exact) mass is 538 g/mol. The predicted octanol–water partition coefficient (Wildman–Crippen LogP) is 6.13. The summed E-state index contributed by atoms with van der Waals surface area (Å²) in [5.41, 5.74) is -0.0540. The number of fused-ring (bicyclic) bond motifs is 1. The Balaban J connectivity index is 1.72. The quantitative estimate of drug-likeness (QED) is 0.375. The smallest absolute Gasteiger partial charge is 0.421 e. The van der Waals surface area contributed by atoms with E-state index in [9.17, 15) is 19.2 Å². The lowest BCUT2D eigenvalue weighted by molar-refractivity contribution is -0.130. The van der Waals surface area contributed by atoms with Crippen molar-refractivity contribution in [2.75, 3.05) is 9.80 Å². The Labute approximate surface area is 234 Å². The molecule has 5 rings (SSSR count). The van der Waals surface area contributed by atoms with Crippen LogP contribution >= 0.6 is 0 Å². The molecular weight excluding hydrogens is 504 g/mol. The van der Waals surface area contributed by atoms with E-state index in [1.54, 1.807) is 81.4 Å². The second kappa shape index (κ2) is 9.44. The van der Waals surface area contributed by atoms with Crippen LogP contribution in [0.5, 0.6) is 0 Å². The lowest BCUT2D eigenvalue weighted by Crippen LogP contribution is -2.51. The summed E-state index contributed by atoms with van der Waals surface area (Å²) < 4.78 is 5.64. The third-order valence-corrected chi connectivity index (χ3v) is 7.54. The van der Waals surface area contributed by atoms with E-state index in [0.29, 0.717) is 22.5 Å². The van der Waals surface area contributed by atoms with E-state index in [4.69, 9.17) is 4.74 Å². The fourth-order valence-electron chi connectivity index (χ4n) is 5.94. The maximum Gasteiger partial charge on any atom is 0.421 e. The van der Waals surface area contributed by atoms with Crippen LogP contribution in [0.15, 0.2) is 78.9 Å². The van der Waals surface area contributed by atoms with Gasteiger partial charge in [0.15, 0.2) is 0 Å². The summed E-state index contributed by atoms with van der Waals surface area (Å²) in [7, 11) is 0. The van der Waals surface area contributed by atoms with Crippen LogP contribution in [0.25, 0.3) is 0 Å². The summed E-state index contributed by atoms with van der Waals surface area (Å²) in [6.45, 7) is 11.3. The number of imide groups is 2. The van der Waals surface area contributed by atoms with Crippen molar-refractivity contribution in [3.05, 3.63) is 95.6 Å². The highest BCUT2D eigenvalue weighted by atomic mass is 16.6. The van der Waals surface area contributed by atoms with E-state index < -0.39 is 34.8 Å². The van der Waals surface area contributed by atoms with Crippen molar-refractivity contribution < 1.29 is 23.9 Å². The molecule has 0 aliphatic carbocycles. The normalized spacial score (nSPS) is 21.1. The molecule has 2 aliphatic heterocycles. The topological polar surface area (TPSA) is 84.0 Å². The van der Waals surface area contributed by atoms with E-state index in [1.165, 1.54) is 4.90 Å². The maximum atomic E-state index is 14.7. The van der Waals surface area contributed by atoms with Crippen LogP contribution in [-0.4, -0.2) is 29.4 Å². The zero-order valence-corrected chi connectivity index (χ0v) is 23.7. The molecule has 0 N–H and O–H groups in total. The molecule has 206 valence electrons. The van der Waals surface area contributed by atoms with Crippen molar-refractivity contribution >= 4 is 35.2 Å². The number of para-hydroxylation sites is 2. The molecule has 0 radical (unpaired) electrons. The minimum absolute atomic E-state index is 0.186. The molecule has 1 fully saturated rings. The molecule has 7 nitrogen and oxygen atoms in total. The van der Waals surface area contributed by atoms with Crippen LogP contribution < -0.4 is 9.80 Å². The van der Waals surface area contributed by atoms with Crippen molar-refractivity contribution in [3.63, 3.8) is 0 Å². The van der Waals surface area contributed by atoms with Gasteiger partial charge in [-0.1, -0.05) is 87.5 Å². The zero-order chi connectivity index (χ0) is 29.0. The summed E-state index contributed by atoms with van der Waals surface area (Å²) in [6, 6.07) is 23.3. The Hall–Kier alpha value is -4.26. The van der Waals surface area contributed by atoms with Crippen LogP contribution in [-0.2, 0) is 30.0 Å². The Morgan fingerprint density at radius 2 is 1.38 bits per heavy atom. The Kier molecular flexibility index (Phi) is 6.44. The molecule has 3 aromatic carbocycles. The predicted molar refractivity (Wildman–Crippen MR) is 153 cm³/mol. The van der Waals surface area contributed by atoms with Gasteiger partial charge in [-0.3, -0.25) is 14.4 Å². The SMILES string of the molecule is CC(C)(C)OC(=O)N1C(=O)[C@@](c2ccccc2)([C@@H]2CC(=O)N(c3ccccc3C(C)(C)C)C2=O)c2ccccc21. The zero-order valence-electron chi connectivity index (χ0n) is 23.7. The number of carbonyl (C=O) groups is 4. The van der Waals surface area contributed by atoms with Crippen LogP contribution in [0.3, 0.4) is 0 Å². The molecule has 2 heterocycles. The number of nitrogens with zero attached hydrogens (tertiary/aromatic N) is 2. The number of anilines is 2. The molecule has 4 amide bonds. The lowest BCUT2D eigenvalue weighted by Gasteiger charge is -2.34. The molecule has 3 aromatic rings. The van der Waals surface area contributed by atoms with Crippen molar-refractivity contribution in [2.45, 2.75) is 64.4 Å².